The van der Waals surface area contributed by atoms with E-state index in [4.69, 9.17) is 9.47 Å². The van der Waals surface area contributed by atoms with E-state index in [1.165, 1.54) is 11.1 Å². The molecule has 0 spiro atoms. The molecule has 2 unspecified atom stereocenters. The van der Waals surface area contributed by atoms with Crippen LogP contribution in [0.4, 0.5) is 0 Å². The second kappa shape index (κ2) is 11.7. The van der Waals surface area contributed by atoms with Crippen molar-refractivity contribution in [3.8, 4) is 11.5 Å². The molecule has 0 aliphatic carbocycles. The third-order valence-electron chi connectivity index (χ3n) is 6.84. The van der Waals surface area contributed by atoms with Gasteiger partial charge in [0.2, 0.25) is 0 Å². The second-order valence-electron chi connectivity index (χ2n) is 9.43. The molecule has 2 atom stereocenters. The average molecular weight is 479 g/mol. The number of hydrogen-bond donors (Lipinski definition) is 0. The van der Waals surface area contributed by atoms with Gasteiger partial charge in [0.15, 0.2) is 0 Å². The maximum absolute atomic E-state index is 14.4. The molecule has 0 fully saturated rings. The summed E-state index contributed by atoms with van der Waals surface area (Å²) >= 11 is 0. The molecule has 0 radical (unpaired) electrons. The van der Waals surface area contributed by atoms with E-state index in [0.29, 0.717) is 12.8 Å². The fraction of sp³-hybridized carbons (Fsp3) is 0.242. The monoisotopic (exact) mass is 478 g/mol. The van der Waals surface area contributed by atoms with Gasteiger partial charge in [-0.15, -0.1) is 0 Å². The summed E-state index contributed by atoms with van der Waals surface area (Å²) in [6.07, 6.45) is 1.27. The topological polar surface area (TPSA) is 35.5 Å². The standard InChI is InChI=1S/C33H34O3/c1-23-5-13-27(14-6-23)31(21-25-9-17-29(35-3)18-10-25)33(34)32(28-15-7-24(2)8-16-28)22-26-11-19-30(36-4)20-12-26/h5-20,31-32H,21-22H2,1-4H3. The van der Waals surface area contributed by atoms with Gasteiger partial charge in [0.25, 0.3) is 0 Å². The fourth-order valence-corrected chi connectivity index (χ4v) is 4.60. The van der Waals surface area contributed by atoms with Crippen LogP contribution in [-0.2, 0) is 17.6 Å². The maximum atomic E-state index is 14.4. The summed E-state index contributed by atoms with van der Waals surface area (Å²) in [4.78, 5) is 14.4. The number of Topliss-reactive ketones (excluding diaryl/α,β-unsaturated/α-hetero) is 1. The molecule has 0 aliphatic heterocycles. The van der Waals surface area contributed by atoms with Crippen molar-refractivity contribution in [3.63, 3.8) is 0 Å². The highest BCUT2D eigenvalue weighted by atomic mass is 16.5. The van der Waals surface area contributed by atoms with Crippen molar-refractivity contribution in [2.45, 2.75) is 38.5 Å². The normalized spacial score (nSPS) is 12.6. The van der Waals surface area contributed by atoms with E-state index in [1.54, 1.807) is 14.2 Å². The molecule has 4 aromatic rings. The Kier molecular flexibility index (Phi) is 8.22. The Morgan fingerprint density at radius 2 is 0.889 bits per heavy atom. The highest BCUT2D eigenvalue weighted by Crippen LogP contribution is 2.33. The third kappa shape index (κ3) is 6.23. The van der Waals surface area contributed by atoms with E-state index in [0.717, 1.165) is 33.8 Å². The summed E-state index contributed by atoms with van der Waals surface area (Å²) in [6, 6.07) is 32.8. The van der Waals surface area contributed by atoms with Crippen LogP contribution >= 0.6 is 0 Å². The first-order valence-electron chi connectivity index (χ1n) is 12.4. The quantitative estimate of drug-likeness (QED) is 0.241. The van der Waals surface area contributed by atoms with Gasteiger partial charge in [-0.1, -0.05) is 83.9 Å². The first kappa shape index (κ1) is 25.2. The van der Waals surface area contributed by atoms with Crippen molar-refractivity contribution in [3.05, 3.63) is 130 Å². The largest absolute Gasteiger partial charge is 0.497 e. The van der Waals surface area contributed by atoms with E-state index < -0.39 is 0 Å². The van der Waals surface area contributed by atoms with Gasteiger partial charge in [-0.2, -0.15) is 0 Å². The zero-order chi connectivity index (χ0) is 25.5. The smallest absolute Gasteiger partial charge is 0.148 e. The highest BCUT2D eigenvalue weighted by molar-refractivity contribution is 5.92. The molecule has 0 saturated carbocycles. The molecule has 0 N–H and O–H groups in total. The Bertz CT molecular complexity index is 1150. The van der Waals surface area contributed by atoms with Crippen LogP contribution in [-0.4, -0.2) is 20.0 Å². The number of aryl methyl sites for hydroxylation is 2. The van der Waals surface area contributed by atoms with E-state index in [-0.39, 0.29) is 17.6 Å². The Hall–Kier alpha value is -3.85. The summed E-state index contributed by atoms with van der Waals surface area (Å²) in [7, 11) is 3.33. The highest BCUT2D eigenvalue weighted by Gasteiger charge is 2.30. The average Bonchev–Trinajstić information content (AvgIpc) is 2.92. The Morgan fingerprint density at radius 1 is 0.556 bits per heavy atom. The van der Waals surface area contributed by atoms with Crippen LogP contribution < -0.4 is 9.47 Å². The lowest BCUT2D eigenvalue weighted by molar-refractivity contribution is -0.122. The van der Waals surface area contributed by atoms with Crippen LogP contribution in [0.3, 0.4) is 0 Å². The maximum Gasteiger partial charge on any atom is 0.148 e. The predicted molar refractivity (Wildman–Crippen MR) is 146 cm³/mol. The minimum Gasteiger partial charge on any atom is -0.497 e. The van der Waals surface area contributed by atoms with Crippen LogP contribution in [0.2, 0.25) is 0 Å². The number of carbonyl (C=O) groups excluding carboxylic acids is 1. The van der Waals surface area contributed by atoms with E-state index >= 15 is 0 Å². The van der Waals surface area contributed by atoms with Crippen LogP contribution in [0, 0.1) is 13.8 Å². The van der Waals surface area contributed by atoms with Crippen LogP contribution in [0.15, 0.2) is 97.1 Å². The van der Waals surface area contributed by atoms with Crippen LogP contribution in [0.25, 0.3) is 0 Å². The summed E-state index contributed by atoms with van der Waals surface area (Å²) in [6.45, 7) is 4.14. The van der Waals surface area contributed by atoms with Crippen molar-refractivity contribution in [1.29, 1.82) is 0 Å². The fourth-order valence-electron chi connectivity index (χ4n) is 4.60. The lowest BCUT2D eigenvalue weighted by atomic mass is 9.78. The lowest BCUT2D eigenvalue weighted by Crippen LogP contribution is -2.24. The summed E-state index contributed by atoms with van der Waals surface area (Å²) < 4.78 is 10.7. The summed E-state index contributed by atoms with van der Waals surface area (Å²) in [5, 5.41) is 0. The number of benzene rings is 4. The van der Waals surface area contributed by atoms with Gasteiger partial charge < -0.3 is 9.47 Å². The van der Waals surface area contributed by atoms with Gasteiger partial charge in [0.05, 0.1) is 14.2 Å². The number of carbonyl (C=O) groups is 1. The first-order valence-corrected chi connectivity index (χ1v) is 12.4. The molecule has 0 aliphatic rings. The molecule has 184 valence electrons. The number of ether oxygens (including phenoxy) is 2. The molecule has 0 saturated heterocycles. The summed E-state index contributed by atoms with van der Waals surface area (Å²) in [5.74, 6) is 1.34. The van der Waals surface area contributed by atoms with Crippen molar-refractivity contribution in [2.24, 2.45) is 0 Å². The number of methoxy groups -OCH3 is 2. The molecular formula is C33H34O3. The minimum absolute atomic E-state index is 0.231. The van der Waals surface area contributed by atoms with Crippen molar-refractivity contribution in [1.82, 2.24) is 0 Å². The molecule has 36 heavy (non-hydrogen) atoms. The van der Waals surface area contributed by atoms with Gasteiger partial charge in [-0.25, -0.2) is 0 Å². The SMILES string of the molecule is COc1ccc(CC(C(=O)C(Cc2ccc(OC)cc2)c2ccc(C)cc2)c2ccc(C)cc2)cc1. The van der Waals surface area contributed by atoms with Crippen molar-refractivity contribution in [2.75, 3.05) is 14.2 Å². The number of ketones is 1. The van der Waals surface area contributed by atoms with E-state index in [2.05, 4.69) is 86.6 Å². The van der Waals surface area contributed by atoms with Gasteiger partial charge in [-0.3, -0.25) is 4.79 Å². The second-order valence-corrected chi connectivity index (χ2v) is 9.43. The number of hydrogen-bond acceptors (Lipinski definition) is 3. The Balaban J connectivity index is 1.72. The minimum atomic E-state index is -0.261. The predicted octanol–water partition coefficient (Wildman–Crippen LogP) is 7.24. The molecule has 3 nitrogen and oxygen atoms in total. The van der Waals surface area contributed by atoms with E-state index in [1.807, 2.05) is 24.3 Å². The first-order chi connectivity index (χ1) is 17.5. The lowest BCUT2D eigenvalue weighted by Gasteiger charge is -2.24. The molecule has 3 heteroatoms. The molecule has 0 bridgehead atoms. The van der Waals surface area contributed by atoms with Crippen LogP contribution in [0.1, 0.15) is 45.2 Å². The zero-order valence-electron chi connectivity index (χ0n) is 21.5. The summed E-state index contributed by atoms with van der Waals surface area (Å²) in [5.41, 5.74) is 6.69. The molecule has 0 aromatic heterocycles. The molecule has 4 rings (SSSR count). The Morgan fingerprint density at radius 3 is 1.19 bits per heavy atom. The zero-order valence-corrected chi connectivity index (χ0v) is 21.5. The Labute approximate surface area is 214 Å². The van der Waals surface area contributed by atoms with Gasteiger partial charge in [0.1, 0.15) is 17.3 Å². The molecule has 4 aromatic carbocycles. The van der Waals surface area contributed by atoms with E-state index in [9.17, 15) is 4.79 Å². The van der Waals surface area contributed by atoms with Gasteiger partial charge >= 0.3 is 0 Å². The van der Waals surface area contributed by atoms with Crippen molar-refractivity contribution < 1.29 is 14.3 Å². The van der Waals surface area contributed by atoms with Gasteiger partial charge in [-0.05, 0) is 73.2 Å². The number of rotatable bonds is 10. The van der Waals surface area contributed by atoms with Crippen LogP contribution in [0.5, 0.6) is 11.5 Å². The van der Waals surface area contributed by atoms with Gasteiger partial charge in [0, 0.05) is 11.8 Å². The molecule has 0 amide bonds. The molecular weight excluding hydrogens is 444 g/mol. The molecule has 0 heterocycles. The third-order valence-corrected chi connectivity index (χ3v) is 6.84. The van der Waals surface area contributed by atoms with Crippen molar-refractivity contribution >= 4 is 5.78 Å².